The Morgan fingerprint density at radius 1 is 0.427 bits per heavy atom. The Balaban J connectivity index is 0.0000000974. The van der Waals surface area contributed by atoms with Crippen LogP contribution in [-0.4, -0.2) is 191 Å². The first-order valence-electron chi connectivity index (χ1n) is 48.7. The number of benzene rings is 6. The van der Waals surface area contributed by atoms with Crippen molar-refractivity contribution in [1.29, 1.82) is 0 Å². The van der Waals surface area contributed by atoms with Crippen LogP contribution in [0.3, 0.4) is 0 Å². The number of anilines is 3. The van der Waals surface area contributed by atoms with Gasteiger partial charge in [0.05, 0.1) is 78.2 Å². The summed E-state index contributed by atoms with van der Waals surface area (Å²) >= 11 is 8.97. The number of alkyl halides is 2. The van der Waals surface area contributed by atoms with Crippen LogP contribution in [-0.2, 0) is 38.1 Å². The Bertz CT molecular complexity index is 6000. The molecule has 4 aromatic heterocycles. The number of piperidine rings is 6. The maximum atomic E-state index is 13.4. The number of hydrogen-bond donors (Lipinski definition) is 5. The average Bonchev–Trinajstić information content (AvgIpc) is 1.57. The van der Waals surface area contributed by atoms with Crippen molar-refractivity contribution in [3.63, 3.8) is 0 Å². The van der Waals surface area contributed by atoms with E-state index in [0.717, 1.165) is 134 Å². The minimum atomic E-state index is -0.666. The van der Waals surface area contributed by atoms with Crippen molar-refractivity contribution in [3.05, 3.63) is 185 Å². The third-order valence-corrected chi connectivity index (χ3v) is 33.7. The summed E-state index contributed by atoms with van der Waals surface area (Å²) < 4.78 is 14.7. The molecule has 0 radical (unpaired) electrons. The number of carbonyl (C=O) groups is 7. The van der Waals surface area contributed by atoms with Crippen LogP contribution in [0.2, 0.25) is 0 Å². The molecule has 0 spiro atoms. The van der Waals surface area contributed by atoms with Crippen molar-refractivity contribution in [2.24, 2.45) is 23.7 Å². The van der Waals surface area contributed by atoms with Crippen LogP contribution in [0.5, 0.6) is 11.5 Å². The summed E-state index contributed by atoms with van der Waals surface area (Å²) in [5.41, 5.74) is 12.7. The molecule has 131 heavy (non-hydrogen) atoms. The molecule has 8 saturated carbocycles. The summed E-state index contributed by atoms with van der Waals surface area (Å²) in [6, 6.07) is 30.7. The molecule has 0 bridgehead atoms. The summed E-state index contributed by atoms with van der Waals surface area (Å²) in [5, 5.41) is 43.8. The molecule has 13 heterocycles. The zero-order chi connectivity index (χ0) is 89.2. The van der Waals surface area contributed by atoms with Gasteiger partial charge >= 0.3 is 0 Å². The van der Waals surface area contributed by atoms with Crippen LogP contribution in [0.1, 0.15) is 263 Å². The van der Waals surface area contributed by atoms with Gasteiger partial charge in [-0.1, -0.05) is 64.5 Å². The first-order valence-corrected chi connectivity index (χ1v) is 50.2. The van der Waals surface area contributed by atoms with E-state index in [-0.39, 0.29) is 53.3 Å². The lowest BCUT2D eigenvalue weighted by molar-refractivity contribution is -0.135. The molecular weight excluding hydrogens is 1730 g/mol. The summed E-state index contributed by atoms with van der Waals surface area (Å²) in [7, 11) is 0. The molecule has 9 aliphatic heterocycles. The van der Waals surface area contributed by atoms with Gasteiger partial charge in [-0.2, -0.15) is 20.4 Å². The predicted octanol–water partition coefficient (Wildman–Crippen LogP) is 17.0. The highest BCUT2D eigenvalue weighted by atomic mass is 79.9. The van der Waals surface area contributed by atoms with Crippen molar-refractivity contribution in [2.45, 2.75) is 263 Å². The van der Waals surface area contributed by atoms with Gasteiger partial charge in [-0.25, -0.2) is 0 Å². The molecule has 8 aliphatic carbocycles. The van der Waals surface area contributed by atoms with Crippen LogP contribution in [0.15, 0.2) is 141 Å². The number of carbonyl (C=O) groups excluding carboxylic acids is 7. The number of aromatic nitrogens is 8. The molecule has 27 rings (SSSR count). The smallest absolute Gasteiger partial charge is 0.259 e. The van der Waals surface area contributed by atoms with Gasteiger partial charge in [0, 0.05) is 173 Å². The van der Waals surface area contributed by atoms with E-state index in [1.807, 2.05) is 104 Å². The van der Waals surface area contributed by atoms with E-state index in [4.69, 9.17) is 26.5 Å². The molecule has 6 aromatic carbocycles. The highest BCUT2D eigenvalue weighted by Crippen LogP contribution is 2.62. The number of likely N-dealkylation sites (tertiary alicyclic amines) is 4. The standard InChI is InChI=1S/C31H33N5O3.C25H26N4O2.C15H22ClN3.C15H23N3O.C12H9NO.C5H6BrNO2/c37-27-9-8-26(29(38)33-27)36-25-7-4-20(23-2-1-3-24(28(23)25)30(36)39)16-19-17-32-35(18-19)22-10-14-34(15-11-22)31(12-13-31)21-5-6-21;30-24-20-3-1-2-19-22(7-6-21(27-24)23(19)20)31-18-14-26-29(15-18)17-8-12-28(13-9-17)25(10-11-25)16-4-5-16;16-9-12-10-17-19(11-12)14-3-7-18(8-4-14)15(5-6-15)13-1-2-13;19-11-12-9-16-18(10-12)14-3-7-17(8-4-14)15(5-6-15)13-1-2-13;1-7-5-6-10-11-8(7)3-2-4-9(11)12(14)13-10;6-3-1-2-4(8)7-5(3)9/h1-4,7,17-18,21-22,26H,5-6,8-16H2,(H,33,37,38);1-3,6-7,14-17H,4-5,8-13H2,(H,27,30);10-11,13-14H,1-9H2;9-10,13-14,19H,1-8,11H2;2-6H,1H3,(H,13,14);3H,1-2H2,(H,7,8,9). The Kier molecular flexibility index (Phi) is 23.2. The van der Waals surface area contributed by atoms with Gasteiger partial charge in [-0.3, -0.25) is 87.4 Å². The fourth-order valence-electron chi connectivity index (χ4n) is 24.2. The van der Waals surface area contributed by atoms with E-state index in [0.29, 0.717) is 82.6 Å². The second-order valence-corrected chi connectivity index (χ2v) is 41.9. The summed E-state index contributed by atoms with van der Waals surface area (Å²) in [5.74, 6) is 4.81. The topological polar surface area (TPSA) is 285 Å². The molecule has 2 unspecified atom stereocenters. The average molecular weight is 1850 g/mol. The Morgan fingerprint density at radius 2 is 0.847 bits per heavy atom. The van der Waals surface area contributed by atoms with E-state index in [2.05, 4.69) is 128 Å². The summed E-state index contributed by atoms with van der Waals surface area (Å²) in [6.07, 6.45) is 50.9. The lowest BCUT2D eigenvalue weighted by Crippen LogP contribution is -2.53. The number of hydrogen-bond acceptors (Lipinski definition) is 17. The number of aliphatic hydroxyl groups excluding tert-OH is 1. The van der Waals surface area contributed by atoms with Crippen LogP contribution in [0.25, 0.3) is 32.3 Å². The number of rotatable bonds is 19. The highest BCUT2D eigenvalue weighted by molar-refractivity contribution is 9.10. The first-order chi connectivity index (χ1) is 63.8. The third kappa shape index (κ3) is 17.1. The second-order valence-electron chi connectivity index (χ2n) is 40.5. The number of halogens is 2. The summed E-state index contributed by atoms with van der Waals surface area (Å²) in [6.45, 7) is 11.9. The normalized spacial score (nSPS) is 24.2. The van der Waals surface area contributed by atoms with Crippen LogP contribution in [0, 0.1) is 30.6 Å². The predicted molar refractivity (Wildman–Crippen MR) is 506 cm³/mol. The van der Waals surface area contributed by atoms with Gasteiger partial charge in [0.1, 0.15) is 11.8 Å². The molecule has 10 aromatic rings. The zero-order valence-corrected chi connectivity index (χ0v) is 77.3. The number of ether oxygens (including phenoxy) is 1. The van der Waals surface area contributed by atoms with Crippen molar-refractivity contribution >= 4 is 118 Å². The van der Waals surface area contributed by atoms with E-state index < -0.39 is 11.9 Å². The molecule has 28 heteroatoms. The van der Waals surface area contributed by atoms with Gasteiger partial charge in [0.15, 0.2) is 5.75 Å². The number of nitrogens with zero attached hydrogens (tertiary/aromatic N) is 13. The molecule has 6 saturated heterocycles. The molecule has 26 nitrogen and oxygen atoms in total. The molecular formula is C103H119BrClN17O9. The minimum absolute atomic E-state index is 0.0104. The van der Waals surface area contributed by atoms with E-state index in [1.165, 1.54) is 197 Å². The fraction of sp³-hybridized carbons (Fsp3) is 0.524. The molecule has 684 valence electrons. The first kappa shape index (κ1) is 86.4. The molecule has 5 N–H and O–H groups in total. The third-order valence-electron chi connectivity index (χ3n) is 32.5. The van der Waals surface area contributed by atoms with Crippen molar-refractivity contribution in [3.8, 4) is 11.5 Å². The van der Waals surface area contributed by atoms with Gasteiger partial charge in [-0.05, 0) is 267 Å². The summed E-state index contributed by atoms with van der Waals surface area (Å²) in [4.78, 5) is 95.1. The number of imide groups is 2. The van der Waals surface area contributed by atoms with Gasteiger partial charge in [-0.15, -0.1) is 11.6 Å². The zero-order valence-electron chi connectivity index (χ0n) is 74.9. The van der Waals surface area contributed by atoms with Gasteiger partial charge in [0.2, 0.25) is 23.6 Å². The number of aliphatic hydroxyl groups is 1. The van der Waals surface area contributed by atoms with Crippen LogP contribution < -0.4 is 30.9 Å². The Morgan fingerprint density at radius 3 is 1.30 bits per heavy atom. The molecule has 2 atom stereocenters. The number of aryl methyl sites for hydroxylation is 1. The Labute approximate surface area is 777 Å². The minimum Gasteiger partial charge on any atom is -0.453 e. The van der Waals surface area contributed by atoms with Crippen LogP contribution in [0.4, 0.5) is 17.1 Å². The lowest BCUT2D eigenvalue weighted by atomic mass is 9.97. The second kappa shape index (κ2) is 35.1. The van der Waals surface area contributed by atoms with Gasteiger partial charge in [0.25, 0.3) is 17.7 Å². The SMILES string of the molecule is Cc1ccc2c3c(cccc13)C(=O)N2.ClCc1cnn(C2CCN(C3(C4CC4)CC3)CC2)c1.O=C1CCC(Br)C(=O)N1.O=C1CCC(N2C(=O)c3cccc4c(Cc5cnn(C6CCN(C7(C8CC8)CC7)CC6)c5)ccc2c34)C(=O)N1.O=C1Nc2ccc(Oc3cnn(C4CCN(C5(C6CC6)CC5)CC4)c3)c3cccc1c23.OCc1cnn(C2CCN(C3(C4CC4)CC3)CC2)c1. The van der Waals surface area contributed by atoms with Crippen LogP contribution >= 0.6 is 27.5 Å². The van der Waals surface area contributed by atoms with Crippen molar-refractivity contribution < 1.29 is 43.4 Å². The number of amides is 7. The molecule has 17 aliphatic rings. The van der Waals surface area contributed by atoms with Crippen molar-refractivity contribution in [2.75, 3.05) is 67.9 Å². The van der Waals surface area contributed by atoms with Crippen molar-refractivity contribution in [1.82, 2.24) is 69.4 Å². The highest BCUT2D eigenvalue weighted by Gasteiger charge is 2.61. The maximum absolute atomic E-state index is 13.4. The quantitative estimate of drug-likeness (QED) is 0.0371. The Hall–Kier alpha value is -10.0. The van der Waals surface area contributed by atoms with Gasteiger partial charge < -0.3 is 20.5 Å². The molecule has 14 fully saturated rings. The largest absolute Gasteiger partial charge is 0.453 e. The monoisotopic (exact) mass is 1850 g/mol. The molecule has 7 amide bonds. The lowest BCUT2D eigenvalue weighted by Gasteiger charge is -2.38. The fourth-order valence-corrected chi connectivity index (χ4v) is 24.7. The number of nitrogens with one attached hydrogen (secondary N) is 4. The maximum Gasteiger partial charge on any atom is 0.259 e. The van der Waals surface area contributed by atoms with E-state index in [1.54, 1.807) is 11.1 Å². The van der Waals surface area contributed by atoms with E-state index in [9.17, 15) is 33.6 Å². The van der Waals surface area contributed by atoms with E-state index >= 15 is 0 Å².